The second-order valence-electron chi connectivity index (χ2n) is 13.2. The summed E-state index contributed by atoms with van der Waals surface area (Å²) in [6.07, 6.45) is 6.22. The highest BCUT2D eigenvalue weighted by atomic mass is 35.5. The van der Waals surface area contributed by atoms with Crippen LogP contribution in [0.5, 0.6) is 0 Å². The van der Waals surface area contributed by atoms with E-state index >= 15 is 0 Å². The lowest BCUT2D eigenvalue weighted by Crippen LogP contribution is -2.36. The van der Waals surface area contributed by atoms with Crippen molar-refractivity contribution in [2.75, 3.05) is 13.1 Å². The summed E-state index contributed by atoms with van der Waals surface area (Å²) in [6.45, 7) is 6.48. The molecule has 0 radical (unpaired) electrons. The number of amides is 2. The van der Waals surface area contributed by atoms with Crippen LogP contribution in [0.4, 0.5) is 0 Å². The Bertz CT molecular complexity index is 2160. The number of hydrogen-bond acceptors (Lipinski definition) is 7. The van der Waals surface area contributed by atoms with Crippen LogP contribution in [0.25, 0.3) is 39.2 Å². The quantitative estimate of drug-likeness (QED) is 0.152. The van der Waals surface area contributed by atoms with Gasteiger partial charge in [-0.05, 0) is 72.7 Å². The zero-order valence-corrected chi connectivity index (χ0v) is 28.9. The normalized spacial score (nSPS) is 17.3. The summed E-state index contributed by atoms with van der Waals surface area (Å²) in [5.74, 6) is 0.196. The second-order valence-corrected chi connectivity index (χ2v) is 13.6. The Morgan fingerprint density at radius 3 is 2.10 bits per heavy atom. The lowest BCUT2D eigenvalue weighted by atomic mass is 9.92. The number of aromatic nitrogens is 3. The van der Waals surface area contributed by atoms with Gasteiger partial charge in [0.15, 0.2) is 0 Å². The number of rotatable bonds is 11. The van der Waals surface area contributed by atoms with Crippen molar-refractivity contribution < 1.29 is 9.59 Å². The van der Waals surface area contributed by atoms with Gasteiger partial charge >= 0.3 is 0 Å². The van der Waals surface area contributed by atoms with Crippen LogP contribution in [0, 0.1) is 13.8 Å². The maximum atomic E-state index is 13.3. The molecule has 4 N–H and O–H groups in total. The molecule has 256 valence electrons. The van der Waals surface area contributed by atoms with Crippen molar-refractivity contribution >= 4 is 29.1 Å². The van der Waals surface area contributed by atoms with Crippen LogP contribution in [0.1, 0.15) is 48.1 Å². The maximum Gasteiger partial charge on any atom is 0.262 e. The molecule has 0 saturated carbocycles. The van der Waals surface area contributed by atoms with Crippen LogP contribution in [0.2, 0.25) is 5.02 Å². The predicted molar refractivity (Wildman–Crippen MR) is 196 cm³/mol. The first-order valence-corrected chi connectivity index (χ1v) is 17.5. The number of hydrogen-bond donors (Lipinski definition) is 4. The molecule has 2 fully saturated rings. The molecule has 0 aliphatic carbocycles. The van der Waals surface area contributed by atoms with E-state index in [9.17, 15) is 14.4 Å². The van der Waals surface area contributed by atoms with Crippen LogP contribution >= 0.6 is 11.6 Å². The zero-order chi connectivity index (χ0) is 34.8. The van der Waals surface area contributed by atoms with Gasteiger partial charge in [0, 0.05) is 85.9 Å². The molecule has 2 aliphatic heterocycles. The number of benzene rings is 2. The number of fused-ring (bicyclic) bond motifs is 1. The highest BCUT2D eigenvalue weighted by Crippen LogP contribution is 2.39. The van der Waals surface area contributed by atoms with Crippen LogP contribution < -0.4 is 26.8 Å². The Hall–Kier alpha value is -4.90. The third-order valence-electron chi connectivity index (χ3n) is 9.77. The Morgan fingerprint density at radius 2 is 1.44 bits per heavy atom. The number of nitrogens with one attached hydrogen (secondary N) is 4. The molecule has 2 aromatic carbocycles. The molecule has 2 aliphatic rings. The third kappa shape index (κ3) is 7.05. The fourth-order valence-corrected chi connectivity index (χ4v) is 7.25. The topological polar surface area (TPSA) is 130 Å². The van der Waals surface area contributed by atoms with Crippen LogP contribution in [-0.2, 0) is 22.7 Å². The maximum absolute atomic E-state index is 13.3. The van der Waals surface area contributed by atoms with Gasteiger partial charge in [-0.3, -0.25) is 23.8 Å². The SMILES string of the molecule is Cc1nc(-c2cccc(-c3cccc(-c4ccn5c(=O)c(CNC[C@@H]6CCC(=O)N6)cnc5c4)c3C)c2Cl)ccc1CNC[C@@H]1CCC(=O)N1. The highest BCUT2D eigenvalue weighted by molar-refractivity contribution is 6.36. The van der Waals surface area contributed by atoms with E-state index in [0.29, 0.717) is 48.7 Å². The average Bonchev–Trinajstić information content (AvgIpc) is 3.73. The van der Waals surface area contributed by atoms with Gasteiger partial charge in [-0.1, -0.05) is 54.1 Å². The Morgan fingerprint density at radius 1 is 0.800 bits per heavy atom. The van der Waals surface area contributed by atoms with Gasteiger partial charge in [0.25, 0.3) is 5.56 Å². The predicted octanol–water partition coefficient (Wildman–Crippen LogP) is 5.10. The standard InChI is InChI=1S/C39H40ClN7O3/c1-23-30(25-15-16-47-35(17-25)43-20-27(39(47)50)19-42-22-29-11-14-37(49)46-29)5-3-6-31(23)32-7-4-8-33(38(32)40)34-12-9-26(24(2)44-34)18-41-21-28-10-13-36(48)45-28/h3-9,12,15-17,20,28-29,41-42H,10-11,13-14,18-19,21-22H2,1-2H3,(H,45,48)(H,46,49)/t28-,29-/m0/s1. The fraction of sp³-hybridized carbons (Fsp3) is 0.308. The molecule has 3 aromatic heterocycles. The first kappa shape index (κ1) is 33.6. The summed E-state index contributed by atoms with van der Waals surface area (Å²) in [6, 6.07) is 20.4. The van der Waals surface area contributed by atoms with Crippen molar-refractivity contribution in [2.24, 2.45) is 0 Å². The van der Waals surface area contributed by atoms with Crippen LogP contribution in [0.15, 0.2) is 77.9 Å². The van der Waals surface area contributed by atoms with E-state index in [2.05, 4.69) is 51.4 Å². The number of pyridine rings is 2. The lowest BCUT2D eigenvalue weighted by molar-refractivity contribution is -0.120. The molecule has 10 nitrogen and oxygen atoms in total. The van der Waals surface area contributed by atoms with Crippen molar-refractivity contribution in [2.45, 2.75) is 64.7 Å². The van der Waals surface area contributed by atoms with Crippen LogP contribution in [-0.4, -0.2) is 51.4 Å². The summed E-state index contributed by atoms with van der Waals surface area (Å²) < 4.78 is 1.57. The first-order valence-electron chi connectivity index (χ1n) is 17.1. The summed E-state index contributed by atoms with van der Waals surface area (Å²) in [5.41, 5.74) is 9.66. The largest absolute Gasteiger partial charge is 0.352 e. The van der Waals surface area contributed by atoms with E-state index < -0.39 is 0 Å². The van der Waals surface area contributed by atoms with E-state index in [0.717, 1.165) is 69.7 Å². The van der Waals surface area contributed by atoms with Crippen molar-refractivity contribution in [3.8, 4) is 33.5 Å². The van der Waals surface area contributed by atoms with E-state index in [4.69, 9.17) is 16.6 Å². The Labute approximate surface area is 295 Å². The van der Waals surface area contributed by atoms with E-state index in [1.54, 1.807) is 16.8 Å². The number of nitrogens with zero attached hydrogens (tertiary/aromatic N) is 3. The van der Waals surface area contributed by atoms with Gasteiger partial charge in [-0.2, -0.15) is 0 Å². The van der Waals surface area contributed by atoms with E-state index in [-0.39, 0.29) is 29.5 Å². The van der Waals surface area contributed by atoms with Gasteiger partial charge in [-0.25, -0.2) is 4.98 Å². The van der Waals surface area contributed by atoms with Gasteiger partial charge in [-0.15, -0.1) is 0 Å². The van der Waals surface area contributed by atoms with Crippen LogP contribution in [0.3, 0.4) is 0 Å². The molecule has 0 bridgehead atoms. The summed E-state index contributed by atoms with van der Waals surface area (Å²) >= 11 is 7.14. The minimum Gasteiger partial charge on any atom is -0.352 e. The van der Waals surface area contributed by atoms with Crippen molar-refractivity contribution in [3.05, 3.63) is 111 Å². The molecule has 11 heteroatoms. The molecule has 5 heterocycles. The molecule has 0 unspecified atom stereocenters. The number of carbonyl (C=O) groups is 2. The van der Waals surface area contributed by atoms with Crippen molar-refractivity contribution in [1.29, 1.82) is 0 Å². The molecule has 2 atom stereocenters. The second kappa shape index (κ2) is 14.5. The monoisotopic (exact) mass is 689 g/mol. The van der Waals surface area contributed by atoms with Gasteiger partial charge < -0.3 is 21.3 Å². The molecule has 7 rings (SSSR count). The third-order valence-corrected chi connectivity index (χ3v) is 10.2. The molecule has 0 spiro atoms. The molecule has 2 saturated heterocycles. The summed E-state index contributed by atoms with van der Waals surface area (Å²) in [7, 11) is 0. The fourth-order valence-electron chi connectivity index (χ4n) is 6.93. The lowest BCUT2D eigenvalue weighted by Gasteiger charge is -2.16. The van der Waals surface area contributed by atoms with Crippen molar-refractivity contribution in [3.63, 3.8) is 0 Å². The van der Waals surface area contributed by atoms with Gasteiger partial charge in [0.1, 0.15) is 5.65 Å². The average molecular weight is 690 g/mol. The van der Waals surface area contributed by atoms with Crippen molar-refractivity contribution in [1.82, 2.24) is 35.6 Å². The Kier molecular flexibility index (Phi) is 9.76. The number of carbonyl (C=O) groups excluding carboxylic acids is 2. The van der Waals surface area contributed by atoms with Gasteiger partial charge in [0.05, 0.1) is 10.7 Å². The summed E-state index contributed by atoms with van der Waals surface area (Å²) in [4.78, 5) is 45.8. The minimum atomic E-state index is -0.120. The molecule has 5 aromatic rings. The molecular weight excluding hydrogens is 650 g/mol. The number of aryl methyl sites for hydroxylation is 1. The molecular formula is C39H40ClN7O3. The summed E-state index contributed by atoms with van der Waals surface area (Å²) in [5, 5.41) is 13.3. The molecule has 50 heavy (non-hydrogen) atoms. The van der Waals surface area contributed by atoms with Gasteiger partial charge in [0.2, 0.25) is 11.8 Å². The Balaban J connectivity index is 1.09. The highest BCUT2D eigenvalue weighted by Gasteiger charge is 2.21. The van der Waals surface area contributed by atoms with E-state index in [1.807, 2.05) is 49.4 Å². The van der Waals surface area contributed by atoms with E-state index in [1.165, 1.54) is 0 Å². The smallest absolute Gasteiger partial charge is 0.262 e. The first-order chi connectivity index (χ1) is 24.2. The minimum absolute atomic E-state index is 0.0738. The number of halogens is 1. The zero-order valence-electron chi connectivity index (χ0n) is 28.2. The molecule has 2 amide bonds.